The summed E-state index contributed by atoms with van der Waals surface area (Å²) in [6, 6.07) is 15.1. The molecule has 0 amide bonds. The zero-order valence-corrected chi connectivity index (χ0v) is 15.9. The van der Waals surface area contributed by atoms with E-state index in [0.717, 1.165) is 16.8 Å². The number of carbonyl (C=O) groups is 1. The Morgan fingerprint density at radius 3 is 2.67 bits per heavy atom. The number of carbonyl (C=O) groups excluding carboxylic acids is 1. The van der Waals surface area contributed by atoms with Gasteiger partial charge in [0.15, 0.2) is 6.61 Å². The van der Waals surface area contributed by atoms with Gasteiger partial charge in [0.25, 0.3) is 0 Å². The van der Waals surface area contributed by atoms with Gasteiger partial charge in [-0.05, 0) is 48.0 Å². The molecule has 0 unspecified atom stereocenters. The van der Waals surface area contributed by atoms with Crippen molar-refractivity contribution in [3.8, 4) is 17.5 Å². The van der Waals surface area contributed by atoms with Crippen molar-refractivity contribution in [2.75, 3.05) is 12.4 Å². The summed E-state index contributed by atoms with van der Waals surface area (Å²) in [5.74, 6) is 5.92. The zero-order valence-electron chi connectivity index (χ0n) is 15.0. The highest BCUT2D eigenvalue weighted by Gasteiger charge is 2.10. The molecule has 136 valence electrons. The van der Waals surface area contributed by atoms with E-state index in [1.165, 1.54) is 11.8 Å². The standard InChI is InChI=1S/C20H18N4O2S/c1-15-9-11-17(12-10-15)19(25)26-13-5-6-14-27-20-21-22-23-24(20)18-8-4-3-7-16(18)2/h3-4,7-12H,13-14H2,1-2H3. The average Bonchev–Trinajstić information content (AvgIpc) is 3.13. The van der Waals surface area contributed by atoms with Gasteiger partial charge in [0, 0.05) is 0 Å². The largest absolute Gasteiger partial charge is 0.449 e. The summed E-state index contributed by atoms with van der Waals surface area (Å²) < 4.78 is 6.84. The third kappa shape index (κ3) is 4.96. The molecule has 1 aromatic heterocycles. The summed E-state index contributed by atoms with van der Waals surface area (Å²) in [5, 5.41) is 12.5. The van der Waals surface area contributed by atoms with Crippen LogP contribution in [0.1, 0.15) is 21.5 Å². The lowest BCUT2D eigenvalue weighted by Crippen LogP contribution is -2.05. The second-order valence-electron chi connectivity index (χ2n) is 5.74. The Bertz CT molecular complexity index is 987. The number of esters is 1. The fourth-order valence-corrected chi connectivity index (χ4v) is 2.95. The van der Waals surface area contributed by atoms with Crippen molar-refractivity contribution < 1.29 is 9.53 Å². The first-order chi connectivity index (χ1) is 13.1. The Hall–Kier alpha value is -3.11. The maximum absolute atomic E-state index is 11.9. The molecule has 0 atom stereocenters. The third-order valence-electron chi connectivity index (χ3n) is 3.75. The van der Waals surface area contributed by atoms with E-state index in [2.05, 4.69) is 27.4 Å². The quantitative estimate of drug-likeness (QED) is 0.386. The van der Waals surface area contributed by atoms with Crippen molar-refractivity contribution in [1.82, 2.24) is 20.2 Å². The summed E-state index contributed by atoms with van der Waals surface area (Å²) in [6.45, 7) is 4.03. The minimum atomic E-state index is -0.375. The van der Waals surface area contributed by atoms with Crippen molar-refractivity contribution >= 4 is 17.7 Å². The number of thioether (sulfide) groups is 1. The fourth-order valence-electron chi connectivity index (χ4n) is 2.30. The van der Waals surface area contributed by atoms with Crippen LogP contribution in [0, 0.1) is 25.7 Å². The maximum atomic E-state index is 11.9. The van der Waals surface area contributed by atoms with Crippen molar-refractivity contribution in [2.24, 2.45) is 0 Å². The topological polar surface area (TPSA) is 69.9 Å². The van der Waals surface area contributed by atoms with Crippen LogP contribution in [0.15, 0.2) is 53.7 Å². The van der Waals surface area contributed by atoms with Crippen molar-refractivity contribution in [3.63, 3.8) is 0 Å². The van der Waals surface area contributed by atoms with E-state index in [1.807, 2.05) is 50.2 Å². The molecule has 0 fully saturated rings. The number of para-hydroxylation sites is 1. The molecule has 6 nitrogen and oxygen atoms in total. The second kappa shape index (κ2) is 9.01. The first-order valence-electron chi connectivity index (χ1n) is 8.32. The minimum absolute atomic E-state index is 0.0516. The summed E-state index contributed by atoms with van der Waals surface area (Å²) in [5.41, 5.74) is 3.64. The van der Waals surface area contributed by atoms with E-state index >= 15 is 0 Å². The molecule has 0 spiro atoms. The van der Waals surface area contributed by atoms with Crippen LogP contribution in [0.25, 0.3) is 5.69 Å². The number of tetrazole rings is 1. The van der Waals surface area contributed by atoms with Crippen LogP contribution in [0.5, 0.6) is 0 Å². The number of aromatic nitrogens is 4. The van der Waals surface area contributed by atoms with E-state index in [4.69, 9.17) is 4.74 Å². The molecular weight excluding hydrogens is 360 g/mol. The van der Waals surface area contributed by atoms with Crippen LogP contribution < -0.4 is 0 Å². The predicted octanol–water partition coefficient (Wildman–Crippen LogP) is 3.23. The molecule has 3 rings (SSSR count). The summed E-state index contributed by atoms with van der Waals surface area (Å²) in [7, 11) is 0. The van der Waals surface area contributed by atoms with Crippen molar-refractivity contribution in [3.05, 3.63) is 65.2 Å². The lowest BCUT2D eigenvalue weighted by atomic mass is 10.1. The van der Waals surface area contributed by atoms with E-state index in [9.17, 15) is 4.79 Å². The molecule has 0 radical (unpaired) electrons. The van der Waals surface area contributed by atoms with Crippen LogP contribution in [0.2, 0.25) is 0 Å². The molecule has 0 aliphatic rings. The van der Waals surface area contributed by atoms with Gasteiger partial charge in [0.05, 0.1) is 17.0 Å². The van der Waals surface area contributed by atoms with Gasteiger partial charge in [0.2, 0.25) is 5.16 Å². The third-order valence-corrected chi connectivity index (χ3v) is 4.55. The van der Waals surface area contributed by atoms with Gasteiger partial charge in [0.1, 0.15) is 0 Å². The summed E-state index contributed by atoms with van der Waals surface area (Å²) in [4.78, 5) is 11.9. The van der Waals surface area contributed by atoms with Gasteiger partial charge >= 0.3 is 5.97 Å². The number of benzene rings is 2. The molecule has 1 heterocycles. The molecule has 3 aromatic rings. The highest BCUT2D eigenvalue weighted by molar-refractivity contribution is 7.99. The molecule has 27 heavy (non-hydrogen) atoms. The first kappa shape index (κ1) is 18.7. The number of hydrogen-bond acceptors (Lipinski definition) is 6. The Morgan fingerprint density at radius 1 is 1.11 bits per heavy atom. The van der Waals surface area contributed by atoms with Crippen LogP contribution in [-0.4, -0.2) is 38.5 Å². The highest BCUT2D eigenvalue weighted by Crippen LogP contribution is 2.19. The predicted molar refractivity (Wildman–Crippen MR) is 104 cm³/mol. The van der Waals surface area contributed by atoms with E-state index in [1.54, 1.807) is 16.8 Å². The van der Waals surface area contributed by atoms with Gasteiger partial charge in [-0.25, -0.2) is 4.79 Å². The second-order valence-corrected chi connectivity index (χ2v) is 6.69. The number of ether oxygens (including phenoxy) is 1. The lowest BCUT2D eigenvalue weighted by Gasteiger charge is -2.05. The number of rotatable bonds is 5. The minimum Gasteiger partial charge on any atom is -0.449 e. The monoisotopic (exact) mass is 378 g/mol. The van der Waals surface area contributed by atoms with Crippen molar-refractivity contribution in [2.45, 2.75) is 19.0 Å². The Labute approximate surface area is 161 Å². The van der Waals surface area contributed by atoms with Crippen LogP contribution in [0.3, 0.4) is 0 Å². The number of nitrogens with zero attached hydrogens (tertiary/aromatic N) is 4. The van der Waals surface area contributed by atoms with Crippen LogP contribution in [-0.2, 0) is 4.74 Å². The van der Waals surface area contributed by atoms with E-state index in [0.29, 0.717) is 16.5 Å². The first-order valence-corrected chi connectivity index (χ1v) is 9.30. The maximum Gasteiger partial charge on any atom is 0.339 e. The molecule has 0 bridgehead atoms. The molecule has 7 heteroatoms. The van der Waals surface area contributed by atoms with Gasteiger partial charge < -0.3 is 4.74 Å². The van der Waals surface area contributed by atoms with Gasteiger partial charge in [-0.3, -0.25) is 0 Å². The Morgan fingerprint density at radius 2 is 1.89 bits per heavy atom. The molecule has 0 saturated heterocycles. The normalized spacial score (nSPS) is 10.1. The lowest BCUT2D eigenvalue weighted by molar-refractivity contribution is 0.0556. The van der Waals surface area contributed by atoms with Gasteiger partial charge in [-0.1, -0.05) is 59.5 Å². The molecule has 2 aromatic carbocycles. The molecular formula is C20H18N4O2S. The number of aryl methyl sites for hydroxylation is 2. The van der Waals surface area contributed by atoms with Gasteiger partial charge in [-0.2, -0.15) is 4.68 Å². The molecule has 0 aliphatic carbocycles. The molecule has 0 saturated carbocycles. The van der Waals surface area contributed by atoms with Gasteiger partial charge in [-0.15, -0.1) is 5.10 Å². The number of hydrogen-bond donors (Lipinski definition) is 0. The Kier molecular flexibility index (Phi) is 6.23. The summed E-state index contributed by atoms with van der Waals surface area (Å²) >= 11 is 1.43. The van der Waals surface area contributed by atoms with Crippen LogP contribution in [0.4, 0.5) is 0 Å². The highest BCUT2D eigenvalue weighted by atomic mass is 32.2. The smallest absolute Gasteiger partial charge is 0.339 e. The van der Waals surface area contributed by atoms with Crippen LogP contribution >= 0.6 is 11.8 Å². The SMILES string of the molecule is Cc1ccc(C(=O)OCC#CCSc2nnnn2-c2ccccc2C)cc1. The fraction of sp³-hybridized carbons (Fsp3) is 0.200. The van der Waals surface area contributed by atoms with E-state index in [-0.39, 0.29) is 12.6 Å². The zero-order chi connectivity index (χ0) is 19.1. The van der Waals surface area contributed by atoms with E-state index < -0.39 is 0 Å². The van der Waals surface area contributed by atoms with Crippen molar-refractivity contribution in [1.29, 1.82) is 0 Å². The summed E-state index contributed by atoms with van der Waals surface area (Å²) in [6.07, 6.45) is 0. The average molecular weight is 378 g/mol. The molecule has 0 aliphatic heterocycles. The molecule has 0 N–H and O–H groups in total. The Balaban J connectivity index is 1.50.